The molecule has 7 heteroatoms. The molecule has 0 unspecified atom stereocenters. The Bertz CT molecular complexity index is 1230. The number of allylic oxidation sites excluding steroid dienone is 1. The van der Waals surface area contributed by atoms with Crippen molar-refractivity contribution in [3.05, 3.63) is 106 Å². The van der Waals surface area contributed by atoms with Gasteiger partial charge in [-0.1, -0.05) is 53.6 Å². The highest BCUT2D eigenvalue weighted by Gasteiger charge is 2.39. The fourth-order valence-corrected chi connectivity index (χ4v) is 4.90. The minimum absolute atomic E-state index is 0.130. The van der Waals surface area contributed by atoms with Gasteiger partial charge in [-0.2, -0.15) is 0 Å². The van der Waals surface area contributed by atoms with Crippen LogP contribution in [0, 0.1) is 6.92 Å². The molecule has 5 nitrogen and oxygen atoms in total. The van der Waals surface area contributed by atoms with E-state index in [2.05, 4.69) is 5.32 Å². The summed E-state index contributed by atoms with van der Waals surface area (Å²) in [7, 11) is -4.06. The third-order valence-electron chi connectivity index (χ3n) is 4.87. The second kappa shape index (κ2) is 7.97. The van der Waals surface area contributed by atoms with Crippen LogP contribution in [0.2, 0.25) is 5.02 Å². The second-order valence-electron chi connectivity index (χ2n) is 7.00. The summed E-state index contributed by atoms with van der Waals surface area (Å²) in [6, 6.07) is 21.2. The van der Waals surface area contributed by atoms with Gasteiger partial charge in [-0.05, 0) is 48.9 Å². The number of hydrogen-bond donors (Lipinski definition) is 1. The zero-order valence-corrected chi connectivity index (χ0v) is 17.7. The van der Waals surface area contributed by atoms with E-state index in [9.17, 15) is 13.2 Å². The van der Waals surface area contributed by atoms with E-state index in [-0.39, 0.29) is 11.4 Å². The number of nitrogens with zero attached hydrogens (tertiary/aromatic N) is 1. The molecule has 1 heterocycles. The van der Waals surface area contributed by atoms with Crippen LogP contribution in [0.25, 0.3) is 0 Å². The number of carbonyl (C=O) groups excluding carboxylic acids is 1. The molecule has 0 amide bonds. The number of rotatable bonds is 4. The Labute approximate surface area is 180 Å². The van der Waals surface area contributed by atoms with Crippen LogP contribution in [0.15, 0.2) is 83.9 Å². The van der Waals surface area contributed by atoms with Gasteiger partial charge in [0.15, 0.2) is 4.91 Å². The molecule has 4 rings (SSSR count). The van der Waals surface area contributed by atoms with E-state index < -0.39 is 15.8 Å². The predicted octanol–water partition coefficient (Wildman–Crippen LogP) is 5.13. The van der Waals surface area contributed by atoms with Crippen molar-refractivity contribution in [2.75, 3.05) is 9.62 Å². The summed E-state index contributed by atoms with van der Waals surface area (Å²) in [4.78, 5) is 12.7. The van der Waals surface area contributed by atoms with Crippen molar-refractivity contribution in [1.29, 1.82) is 0 Å². The number of carbonyl (C=O) groups is 1. The number of aryl methyl sites for hydroxylation is 1. The lowest BCUT2D eigenvalue weighted by Crippen LogP contribution is -2.39. The summed E-state index contributed by atoms with van der Waals surface area (Å²) in [5.41, 5.74) is 3.27. The highest BCUT2D eigenvalue weighted by molar-refractivity contribution is 7.97. The Hall–Kier alpha value is -3.09. The van der Waals surface area contributed by atoms with Gasteiger partial charge < -0.3 is 5.32 Å². The molecule has 1 aliphatic rings. The SMILES string of the molecule is Cc1ccc(CN2c3ccccc3C(=O)C(=CNc3ccc(Cl)cc3)S2(=O)=O)cc1. The molecule has 152 valence electrons. The first-order valence-electron chi connectivity index (χ1n) is 9.30. The summed E-state index contributed by atoms with van der Waals surface area (Å²) in [5, 5.41) is 3.47. The van der Waals surface area contributed by atoms with E-state index >= 15 is 0 Å². The number of benzene rings is 3. The van der Waals surface area contributed by atoms with Gasteiger partial charge in [-0.25, -0.2) is 8.42 Å². The smallest absolute Gasteiger partial charge is 0.270 e. The summed E-state index contributed by atoms with van der Waals surface area (Å²) >= 11 is 5.89. The van der Waals surface area contributed by atoms with Crippen molar-refractivity contribution in [3.63, 3.8) is 0 Å². The average Bonchev–Trinajstić information content (AvgIpc) is 2.73. The molecule has 0 radical (unpaired) electrons. The molecule has 0 spiro atoms. The van der Waals surface area contributed by atoms with Gasteiger partial charge in [0.2, 0.25) is 5.78 Å². The van der Waals surface area contributed by atoms with Crippen LogP contribution in [-0.2, 0) is 16.6 Å². The van der Waals surface area contributed by atoms with E-state index in [0.717, 1.165) is 11.1 Å². The maximum Gasteiger partial charge on any atom is 0.270 e. The zero-order valence-electron chi connectivity index (χ0n) is 16.2. The van der Waals surface area contributed by atoms with E-state index in [4.69, 9.17) is 11.6 Å². The lowest BCUT2D eigenvalue weighted by Gasteiger charge is -2.31. The topological polar surface area (TPSA) is 66.5 Å². The number of Topliss-reactive ketones (excluding diaryl/α,β-unsaturated/α-hetero) is 1. The van der Waals surface area contributed by atoms with Crippen molar-refractivity contribution < 1.29 is 13.2 Å². The number of para-hydroxylation sites is 1. The molecule has 0 atom stereocenters. The van der Waals surface area contributed by atoms with Crippen LogP contribution < -0.4 is 9.62 Å². The number of ketones is 1. The van der Waals surface area contributed by atoms with E-state index in [1.54, 1.807) is 48.5 Å². The second-order valence-corrected chi connectivity index (χ2v) is 9.27. The van der Waals surface area contributed by atoms with E-state index in [0.29, 0.717) is 22.0 Å². The molecule has 0 aromatic heterocycles. The zero-order chi connectivity index (χ0) is 21.3. The van der Waals surface area contributed by atoms with Crippen LogP contribution in [0.1, 0.15) is 21.5 Å². The Morgan fingerprint density at radius 2 is 1.63 bits per heavy atom. The van der Waals surface area contributed by atoms with Crippen molar-refractivity contribution in [3.8, 4) is 0 Å². The van der Waals surface area contributed by atoms with Gasteiger partial charge in [-0.3, -0.25) is 9.10 Å². The molecule has 3 aromatic rings. The fraction of sp³-hybridized carbons (Fsp3) is 0.0870. The first kappa shape index (κ1) is 20.2. The Morgan fingerprint density at radius 1 is 0.967 bits per heavy atom. The van der Waals surface area contributed by atoms with Gasteiger partial charge >= 0.3 is 0 Å². The summed E-state index contributed by atoms with van der Waals surface area (Å²) in [5.74, 6) is -0.535. The number of sulfonamides is 1. The van der Waals surface area contributed by atoms with Gasteiger partial charge in [0.25, 0.3) is 10.0 Å². The van der Waals surface area contributed by atoms with Gasteiger partial charge in [-0.15, -0.1) is 0 Å². The average molecular weight is 439 g/mol. The Kier molecular flexibility index (Phi) is 5.37. The summed E-state index contributed by atoms with van der Waals surface area (Å²) in [6.07, 6.45) is 1.25. The quantitative estimate of drug-likeness (QED) is 0.573. The Balaban J connectivity index is 1.76. The molecule has 0 fully saturated rings. The van der Waals surface area contributed by atoms with Crippen molar-refractivity contribution in [2.24, 2.45) is 0 Å². The monoisotopic (exact) mass is 438 g/mol. The molecule has 1 aliphatic heterocycles. The number of anilines is 2. The predicted molar refractivity (Wildman–Crippen MR) is 120 cm³/mol. The summed E-state index contributed by atoms with van der Waals surface area (Å²) < 4.78 is 28.1. The molecule has 3 aromatic carbocycles. The largest absolute Gasteiger partial charge is 0.360 e. The number of fused-ring (bicyclic) bond motifs is 1. The highest BCUT2D eigenvalue weighted by atomic mass is 35.5. The molecule has 30 heavy (non-hydrogen) atoms. The molecule has 0 bridgehead atoms. The van der Waals surface area contributed by atoms with Gasteiger partial charge in [0.05, 0.1) is 12.2 Å². The lowest BCUT2D eigenvalue weighted by atomic mass is 10.1. The van der Waals surface area contributed by atoms with E-state index in [1.165, 1.54) is 10.5 Å². The van der Waals surface area contributed by atoms with Crippen LogP contribution in [0.5, 0.6) is 0 Å². The maximum absolute atomic E-state index is 13.4. The summed E-state index contributed by atoms with van der Waals surface area (Å²) in [6.45, 7) is 2.10. The van der Waals surface area contributed by atoms with E-state index in [1.807, 2.05) is 31.2 Å². The minimum Gasteiger partial charge on any atom is -0.360 e. The van der Waals surface area contributed by atoms with Crippen LogP contribution >= 0.6 is 11.6 Å². The molecule has 0 saturated carbocycles. The van der Waals surface area contributed by atoms with Crippen LogP contribution in [0.3, 0.4) is 0 Å². The number of nitrogens with one attached hydrogen (secondary N) is 1. The molecule has 0 aliphatic carbocycles. The molecule has 1 N–H and O–H groups in total. The first-order chi connectivity index (χ1) is 14.4. The normalized spacial score (nSPS) is 16.4. The first-order valence-corrected chi connectivity index (χ1v) is 11.1. The Morgan fingerprint density at radius 3 is 2.33 bits per heavy atom. The van der Waals surface area contributed by atoms with Crippen LogP contribution in [-0.4, -0.2) is 14.2 Å². The molecular weight excluding hydrogens is 420 g/mol. The lowest BCUT2D eigenvalue weighted by molar-refractivity contribution is 0.104. The molecular formula is C23H19ClN2O3S. The third kappa shape index (κ3) is 3.84. The van der Waals surface area contributed by atoms with Crippen molar-refractivity contribution in [2.45, 2.75) is 13.5 Å². The van der Waals surface area contributed by atoms with Crippen LogP contribution in [0.4, 0.5) is 11.4 Å². The third-order valence-corrected chi connectivity index (χ3v) is 6.89. The minimum atomic E-state index is -4.06. The molecule has 0 saturated heterocycles. The van der Waals surface area contributed by atoms with Gasteiger partial charge in [0.1, 0.15) is 0 Å². The highest BCUT2D eigenvalue weighted by Crippen LogP contribution is 2.36. The number of halogens is 1. The number of hydrogen-bond acceptors (Lipinski definition) is 4. The van der Waals surface area contributed by atoms with Crippen molar-refractivity contribution >= 4 is 38.8 Å². The van der Waals surface area contributed by atoms with Gasteiger partial charge in [0, 0.05) is 22.5 Å². The fourth-order valence-electron chi connectivity index (χ4n) is 3.25. The standard InChI is InChI=1S/C23H19ClN2O3S/c1-16-6-8-17(9-7-16)15-26-21-5-3-2-4-20(21)23(27)22(30(26,28)29)14-25-19-12-10-18(24)11-13-19/h2-14,25H,15H2,1H3. The van der Waals surface area contributed by atoms with Crippen molar-refractivity contribution in [1.82, 2.24) is 0 Å². The maximum atomic E-state index is 13.4.